The normalized spacial score (nSPS) is 10.6. The first-order valence-corrected chi connectivity index (χ1v) is 3.96. The minimum Gasteiger partial charge on any atom is -0.488 e. The number of halogens is 2. The second kappa shape index (κ2) is 6.07. The summed E-state index contributed by atoms with van der Waals surface area (Å²) < 4.78 is 27.9. The summed E-state index contributed by atoms with van der Waals surface area (Å²) in [4.78, 5) is 0. The molecule has 0 heterocycles. The van der Waals surface area contributed by atoms with Gasteiger partial charge in [0.15, 0.2) is 0 Å². The molecular weight excluding hydrogens is 188 g/mol. The Morgan fingerprint density at radius 1 is 1.43 bits per heavy atom. The maximum absolute atomic E-state index is 11.7. The topological polar surface area (TPSA) is 33.1 Å². The molecule has 0 aromatic carbocycles. The summed E-state index contributed by atoms with van der Waals surface area (Å²) in [5.41, 5.74) is 0.801. The van der Waals surface area contributed by atoms with Crippen LogP contribution in [0.25, 0.3) is 0 Å². The van der Waals surface area contributed by atoms with E-state index in [1.54, 1.807) is 6.92 Å². The average Bonchev–Trinajstić information content (AvgIpc) is 2.10. The minimum atomic E-state index is -2.51. The van der Waals surface area contributed by atoms with E-state index >= 15 is 0 Å². The Morgan fingerprint density at radius 3 is 2.43 bits per heavy atom. The van der Waals surface area contributed by atoms with Gasteiger partial charge in [0.2, 0.25) is 0 Å². The van der Waals surface area contributed by atoms with Gasteiger partial charge in [-0.2, -0.15) is 0 Å². The lowest BCUT2D eigenvalue weighted by molar-refractivity contribution is 0.0529. The highest BCUT2D eigenvalue weighted by molar-refractivity contribution is 6.05. The predicted octanol–water partition coefficient (Wildman–Crippen LogP) is 2.93. The van der Waals surface area contributed by atoms with Gasteiger partial charge in [-0.25, -0.2) is 8.78 Å². The third kappa shape index (κ3) is 6.11. The van der Waals surface area contributed by atoms with Gasteiger partial charge in [-0.15, -0.1) is 0 Å². The van der Waals surface area contributed by atoms with Crippen molar-refractivity contribution in [2.45, 2.75) is 13.3 Å². The van der Waals surface area contributed by atoms with E-state index in [4.69, 9.17) is 5.41 Å². The summed E-state index contributed by atoms with van der Waals surface area (Å²) >= 11 is 0. The van der Waals surface area contributed by atoms with E-state index < -0.39 is 13.0 Å². The molecule has 4 heteroatoms. The SMILES string of the molecule is C=C(/C=C\C(=N)C(=C)C)OCC(F)F. The van der Waals surface area contributed by atoms with Crippen molar-refractivity contribution in [1.29, 1.82) is 5.41 Å². The molecule has 0 aromatic rings. The van der Waals surface area contributed by atoms with Crippen molar-refractivity contribution < 1.29 is 13.5 Å². The Kier molecular flexibility index (Phi) is 5.44. The first-order valence-electron chi connectivity index (χ1n) is 3.96. The number of hydrogen-bond donors (Lipinski definition) is 1. The quantitative estimate of drug-likeness (QED) is 0.400. The number of nitrogens with one attached hydrogen (secondary N) is 1. The average molecular weight is 201 g/mol. The molecule has 0 rings (SSSR count). The number of rotatable bonds is 6. The van der Waals surface area contributed by atoms with Crippen LogP contribution in [-0.4, -0.2) is 18.7 Å². The molecule has 0 fully saturated rings. The molecule has 0 saturated heterocycles. The van der Waals surface area contributed by atoms with Crippen LogP contribution in [0, 0.1) is 5.41 Å². The lowest BCUT2D eigenvalue weighted by atomic mass is 10.2. The summed E-state index contributed by atoms with van der Waals surface area (Å²) in [7, 11) is 0. The summed E-state index contributed by atoms with van der Waals surface area (Å²) in [6.07, 6.45) is 0.246. The molecule has 0 amide bonds. The lowest BCUT2D eigenvalue weighted by Crippen LogP contribution is -2.02. The maximum atomic E-state index is 11.7. The van der Waals surface area contributed by atoms with Crippen molar-refractivity contribution in [3.8, 4) is 0 Å². The molecule has 1 N–H and O–H groups in total. The summed E-state index contributed by atoms with van der Waals surface area (Å²) in [6.45, 7) is 7.93. The minimum absolute atomic E-state index is 0.108. The second-order valence-corrected chi connectivity index (χ2v) is 2.70. The molecule has 14 heavy (non-hydrogen) atoms. The maximum Gasteiger partial charge on any atom is 0.272 e. The summed E-state index contributed by atoms with van der Waals surface area (Å²) in [5, 5.41) is 7.32. The molecule has 0 spiro atoms. The van der Waals surface area contributed by atoms with Gasteiger partial charge in [-0.1, -0.05) is 13.2 Å². The molecule has 0 aliphatic rings. The molecule has 0 atom stereocenters. The molecule has 0 radical (unpaired) electrons. The Hall–Kier alpha value is -1.45. The van der Waals surface area contributed by atoms with E-state index in [2.05, 4.69) is 17.9 Å². The Balaban J connectivity index is 3.94. The zero-order chi connectivity index (χ0) is 11.1. The van der Waals surface area contributed by atoms with Crippen LogP contribution in [0.4, 0.5) is 8.78 Å². The Morgan fingerprint density at radius 2 is 2.00 bits per heavy atom. The molecule has 0 unspecified atom stereocenters. The third-order valence-corrected chi connectivity index (χ3v) is 1.29. The molecule has 0 aliphatic carbocycles. The van der Waals surface area contributed by atoms with Crippen molar-refractivity contribution >= 4 is 5.71 Å². The van der Waals surface area contributed by atoms with E-state index in [9.17, 15) is 8.78 Å². The van der Waals surface area contributed by atoms with Crippen molar-refractivity contribution in [2.24, 2.45) is 0 Å². The molecule has 0 aromatic heterocycles. The fraction of sp³-hybridized carbons (Fsp3) is 0.300. The number of ether oxygens (including phenoxy) is 1. The van der Waals surface area contributed by atoms with Crippen LogP contribution >= 0.6 is 0 Å². The van der Waals surface area contributed by atoms with Gasteiger partial charge in [0.05, 0.1) is 5.71 Å². The zero-order valence-corrected chi connectivity index (χ0v) is 8.02. The lowest BCUT2D eigenvalue weighted by Gasteiger charge is -2.03. The highest BCUT2D eigenvalue weighted by Gasteiger charge is 2.02. The van der Waals surface area contributed by atoms with E-state index in [1.165, 1.54) is 12.2 Å². The summed E-state index contributed by atoms with van der Waals surface area (Å²) in [5.74, 6) is 0.108. The first kappa shape index (κ1) is 12.6. The van der Waals surface area contributed by atoms with Crippen LogP contribution in [0.2, 0.25) is 0 Å². The van der Waals surface area contributed by atoms with Crippen LogP contribution in [0.1, 0.15) is 6.92 Å². The standard InChI is InChI=1S/C10H13F2NO/c1-7(2)9(13)5-4-8(3)14-6-10(11)12/h4-5,10,13H,1,3,6H2,2H3/b5-4-,13-9?. The predicted molar refractivity (Wildman–Crippen MR) is 52.8 cm³/mol. The summed E-state index contributed by atoms with van der Waals surface area (Å²) in [6, 6.07) is 0. The molecule has 0 bridgehead atoms. The Labute approximate surface area is 82.1 Å². The zero-order valence-electron chi connectivity index (χ0n) is 8.02. The highest BCUT2D eigenvalue weighted by Crippen LogP contribution is 2.02. The molecular formula is C10H13F2NO. The molecule has 78 valence electrons. The number of alkyl halides is 2. The number of hydrogen-bond acceptors (Lipinski definition) is 2. The van der Waals surface area contributed by atoms with Gasteiger partial charge in [-0.05, 0) is 24.6 Å². The van der Waals surface area contributed by atoms with Crippen LogP contribution in [0.15, 0.2) is 36.6 Å². The third-order valence-electron chi connectivity index (χ3n) is 1.29. The van der Waals surface area contributed by atoms with Crippen molar-refractivity contribution in [2.75, 3.05) is 6.61 Å². The van der Waals surface area contributed by atoms with E-state index in [-0.39, 0.29) is 11.5 Å². The van der Waals surface area contributed by atoms with Crippen LogP contribution in [0.5, 0.6) is 0 Å². The van der Waals surface area contributed by atoms with Gasteiger partial charge >= 0.3 is 0 Å². The largest absolute Gasteiger partial charge is 0.488 e. The van der Waals surface area contributed by atoms with Crippen LogP contribution in [-0.2, 0) is 4.74 Å². The van der Waals surface area contributed by atoms with Crippen LogP contribution < -0.4 is 0 Å². The highest BCUT2D eigenvalue weighted by atomic mass is 19.3. The van der Waals surface area contributed by atoms with Gasteiger partial charge in [0.1, 0.15) is 12.4 Å². The van der Waals surface area contributed by atoms with Crippen molar-refractivity contribution in [1.82, 2.24) is 0 Å². The second-order valence-electron chi connectivity index (χ2n) is 2.70. The Bertz CT molecular complexity index is 269. The molecule has 0 aliphatic heterocycles. The van der Waals surface area contributed by atoms with Gasteiger partial charge in [-0.3, -0.25) is 0 Å². The molecule has 0 saturated carbocycles. The van der Waals surface area contributed by atoms with E-state index in [0.717, 1.165) is 0 Å². The molecule has 2 nitrogen and oxygen atoms in total. The van der Waals surface area contributed by atoms with Crippen molar-refractivity contribution in [3.63, 3.8) is 0 Å². The van der Waals surface area contributed by atoms with E-state index in [1.807, 2.05) is 0 Å². The fourth-order valence-corrected chi connectivity index (χ4v) is 0.537. The number of allylic oxidation sites excluding steroid dienone is 3. The van der Waals surface area contributed by atoms with Crippen LogP contribution in [0.3, 0.4) is 0 Å². The van der Waals surface area contributed by atoms with Crippen molar-refractivity contribution in [3.05, 3.63) is 36.6 Å². The van der Waals surface area contributed by atoms with Gasteiger partial charge in [0, 0.05) is 0 Å². The first-order chi connectivity index (χ1) is 6.43. The van der Waals surface area contributed by atoms with E-state index in [0.29, 0.717) is 5.57 Å². The van der Waals surface area contributed by atoms with Gasteiger partial charge in [0.25, 0.3) is 6.43 Å². The fourth-order valence-electron chi connectivity index (χ4n) is 0.537. The smallest absolute Gasteiger partial charge is 0.272 e. The van der Waals surface area contributed by atoms with Gasteiger partial charge < -0.3 is 10.1 Å². The monoisotopic (exact) mass is 201 g/mol.